The van der Waals surface area contributed by atoms with Crippen molar-refractivity contribution in [3.8, 4) is 11.5 Å². The Kier molecular flexibility index (Phi) is 5.76. The van der Waals surface area contributed by atoms with Gasteiger partial charge in [-0.2, -0.15) is 0 Å². The molecule has 150 valence electrons. The van der Waals surface area contributed by atoms with Crippen LogP contribution in [0.3, 0.4) is 0 Å². The molecule has 0 spiro atoms. The van der Waals surface area contributed by atoms with Crippen LogP contribution in [0.2, 0.25) is 0 Å². The number of ether oxygens (including phenoxy) is 2. The first-order valence-electron chi connectivity index (χ1n) is 8.58. The van der Waals surface area contributed by atoms with Gasteiger partial charge >= 0.3 is 0 Å². The van der Waals surface area contributed by atoms with Gasteiger partial charge in [0.1, 0.15) is 11.5 Å². The van der Waals surface area contributed by atoms with Gasteiger partial charge in [-0.05, 0) is 18.2 Å². The Balaban J connectivity index is 1.97. The normalized spacial score (nSPS) is 16.3. The lowest BCUT2D eigenvalue weighted by Crippen LogP contribution is -2.37. The molecule has 3 rings (SSSR count). The Morgan fingerprint density at radius 1 is 1.14 bits per heavy atom. The minimum Gasteiger partial charge on any atom is -0.497 e. The fourth-order valence-corrected chi connectivity index (χ4v) is 5.12. The Bertz CT molecular complexity index is 985. The number of thioether (sulfide) groups is 1. The van der Waals surface area contributed by atoms with Crippen molar-refractivity contribution in [2.45, 2.75) is 28.9 Å². The second kappa shape index (κ2) is 7.92. The number of carbonyl (C=O) groups excluding carboxylic acids is 1. The molecule has 1 heterocycles. The SMILES string of the molecule is COc1cc(NS(=O)(=O)c2ccc3c(c2)N(C(C)=O)CC(C)S3)cc(OC)c1. The largest absolute Gasteiger partial charge is 0.497 e. The average Bonchev–Trinajstić information content (AvgIpc) is 2.65. The van der Waals surface area contributed by atoms with Crippen LogP contribution < -0.4 is 19.1 Å². The molecule has 0 saturated heterocycles. The van der Waals surface area contributed by atoms with Gasteiger partial charge in [0.05, 0.1) is 30.5 Å². The Labute approximate surface area is 169 Å². The molecule has 2 aromatic carbocycles. The molecule has 1 amide bonds. The monoisotopic (exact) mass is 422 g/mol. The topological polar surface area (TPSA) is 84.9 Å². The number of benzene rings is 2. The second-order valence-corrected chi connectivity index (χ2v) is 9.56. The third kappa shape index (κ3) is 4.20. The lowest BCUT2D eigenvalue weighted by atomic mass is 10.2. The van der Waals surface area contributed by atoms with Crippen LogP contribution in [0.5, 0.6) is 11.5 Å². The number of methoxy groups -OCH3 is 2. The standard InChI is InChI=1S/C19H22N2O5S2/c1-12-11-21(13(2)22)18-10-17(5-6-19(18)27-12)28(23,24)20-14-7-15(25-3)9-16(8-14)26-4/h5-10,12,20H,11H2,1-4H3. The van der Waals surface area contributed by atoms with E-state index in [2.05, 4.69) is 4.72 Å². The highest BCUT2D eigenvalue weighted by atomic mass is 32.2. The molecule has 28 heavy (non-hydrogen) atoms. The smallest absolute Gasteiger partial charge is 0.261 e. The number of anilines is 2. The summed E-state index contributed by atoms with van der Waals surface area (Å²) in [6, 6.07) is 9.61. The van der Waals surface area contributed by atoms with E-state index in [9.17, 15) is 13.2 Å². The number of hydrogen-bond acceptors (Lipinski definition) is 6. The van der Waals surface area contributed by atoms with Gasteiger partial charge in [-0.3, -0.25) is 9.52 Å². The quantitative estimate of drug-likeness (QED) is 0.795. The van der Waals surface area contributed by atoms with Crippen molar-refractivity contribution >= 4 is 39.1 Å². The number of nitrogens with zero attached hydrogens (tertiary/aromatic N) is 1. The Hall–Kier alpha value is -2.39. The van der Waals surface area contributed by atoms with Crippen molar-refractivity contribution in [2.24, 2.45) is 0 Å². The van der Waals surface area contributed by atoms with Crippen molar-refractivity contribution in [3.05, 3.63) is 36.4 Å². The van der Waals surface area contributed by atoms with E-state index in [1.165, 1.54) is 27.2 Å². The number of fused-ring (bicyclic) bond motifs is 1. The van der Waals surface area contributed by atoms with Gasteiger partial charge in [0, 0.05) is 41.8 Å². The van der Waals surface area contributed by atoms with E-state index in [1.807, 2.05) is 6.92 Å². The molecule has 0 radical (unpaired) electrons. The summed E-state index contributed by atoms with van der Waals surface area (Å²) >= 11 is 1.62. The van der Waals surface area contributed by atoms with Gasteiger partial charge in [-0.1, -0.05) is 6.92 Å². The summed E-state index contributed by atoms with van der Waals surface area (Å²) in [5.74, 6) is 0.819. The minimum absolute atomic E-state index is 0.0782. The van der Waals surface area contributed by atoms with E-state index in [-0.39, 0.29) is 16.1 Å². The van der Waals surface area contributed by atoms with Crippen LogP contribution in [0.25, 0.3) is 0 Å². The van der Waals surface area contributed by atoms with Crippen molar-refractivity contribution in [1.82, 2.24) is 0 Å². The van der Waals surface area contributed by atoms with Crippen LogP contribution in [0, 0.1) is 0 Å². The van der Waals surface area contributed by atoms with E-state index in [4.69, 9.17) is 9.47 Å². The molecule has 1 aliphatic heterocycles. The molecule has 1 atom stereocenters. The molecule has 0 aliphatic carbocycles. The zero-order valence-electron chi connectivity index (χ0n) is 16.1. The lowest BCUT2D eigenvalue weighted by molar-refractivity contribution is -0.116. The van der Waals surface area contributed by atoms with E-state index in [1.54, 1.807) is 47.0 Å². The summed E-state index contributed by atoms with van der Waals surface area (Å²) in [4.78, 5) is 14.6. The van der Waals surface area contributed by atoms with Gasteiger partial charge in [-0.25, -0.2) is 8.42 Å². The predicted molar refractivity (Wildman–Crippen MR) is 110 cm³/mol. The first kappa shape index (κ1) is 20.3. The molecule has 9 heteroatoms. The minimum atomic E-state index is -3.87. The average molecular weight is 423 g/mol. The highest BCUT2D eigenvalue weighted by Gasteiger charge is 2.27. The molecule has 0 saturated carbocycles. The van der Waals surface area contributed by atoms with Crippen molar-refractivity contribution in [3.63, 3.8) is 0 Å². The van der Waals surface area contributed by atoms with Crippen molar-refractivity contribution in [2.75, 3.05) is 30.4 Å². The van der Waals surface area contributed by atoms with Crippen LogP contribution in [-0.4, -0.2) is 40.3 Å². The van der Waals surface area contributed by atoms with E-state index in [0.717, 1.165) is 4.90 Å². The number of amides is 1. The van der Waals surface area contributed by atoms with Gasteiger partial charge in [0.2, 0.25) is 5.91 Å². The number of hydrogen-bond donors (Lipinski definition) is 1. The first-order valence-corrected chi connectivity index (χ1v) is 10.9. The highest BCUT2D eigenvalue weighted by Crippen LogP contribution is 2.40. The summed E-state index contributed by atoms with van der Waals surface area (Å²) in [5.41, 5.74) is 0.932. The molecule has 0 aromatic heterocycles. The number of nitrogens with one attached hydrogen (secondary N) is 1. The van der Waals surface area contributed by atoms with Gasteiger partial charge in [-0.15, -0.1) is 11.8 Å². The molecule has 0 bridgehead atoms. The molecule has 1 unspecified atom stereocenters. The lowest BCUT2D eigenvalue weighted by Gasteiger charge is -2.32. The van der Waals surface area contributed by atoms with E-state index >= 15 is 0 Å². The molecular formula is C19H22N2O5S2. The Morgan fingerprint density at radius 2 is 1.79 bits per heavy atom. The summed E-state index contributed by atoms with van der Waals surface area (Å²) in [7, 11) is -0.885. The summed E-state index contributed by atoms with van der Waals surface area (Å²) < 4.78 is 38.8. The third-order valence-corrected chi connectivity index (χ3v) is 6.81. The van der Waals surface area contributed by atoms with Crippen LogP contribution in [0.4, 0.5) is 11.4 Å². The summed E-state index contributed by atoms with van der Waals surface area (Å²) in [6.07, 6.45) is 0. The van der Waals surface area contributed by atoms with Crippen molar-refractivity contribution in [1.29, 1.82) is 0 Å². The molecule has 1 N–H and O–H groups in total. The zero-order valence-corrected chi connectivity index (χ0v) is 17.7. The van der Waals surface area contributed by atoms with Crippen molar-refractivity contribution < 1.29 is 22.7 Å². The molecule has 7 nitrogen and oxygen atoms in total. The highest BCUT2D eigenvalue weighted by molar-refractivity contribution is 8.00. The summed E-state index contributed by atoms with van der Waals surface area (Å²) in [6.45, 7) is 4.05. The van der Waals surface area contributed by atoms with E-state index in [0.29, 0.717) is 29.4 Å². The fraction of sp³-hybridized carbons (Fsp3) is 0.316. The van der Waals surface area contributed by atoms with Gasteiger partial charge in [0.15, 0.2) is 0 Å². The van der Waals surface area contributed by atoms with E-state index < -0.39 is 10.0 Å². The first-order chi connectivity index (χ1) is 13.2. The third-order valence-electron chi connectivity index (χ3n) is 4.28. The molecular weight excluding hydrogens is 400 g/mol. The Morgan fingerprint density at radius 3 is 2.36 bits per heavy atom. The predicted octanol–water partition coefficient (Wildman–Crippen LogP) is 3.35. The molecule has 1 aliphatic rings. The van der Waals surface area contributed by atoms with Crippen LogP contribution >= 0.6 is 11.8 Å². The zero-order chi connectivity index (χ0) is 20.5. The number of rotatable bonds is 5. The maximum Gasteiger partial charge on any atom is 0.261 e. The van der Waals surface area contributed by atoms with Gasteiger partial charge in [0.25, 0.3) is 10.0 Å². The fourth-order valence-electron chi connectivity index (χ4n) is 2.96. The maximum atomic E-state index is 12.9. The number of sulfonamides is 1. The number of carbonyl (C=O) groups is 1. The van der Waals surface area contributed by atoms with Crippen LogP contribution in [0.1, 0.15) is 13.8 Å². The molecule has 2 aromatic rings. The second-order valence-electron chi connectivity index (χ2n) is 6.39. The maximum absolute atomic E-state index is 12.9. The van der Waals surface area contributed by atoms with Crippen LogP contribution in [0.15, 0.2) is 46.2 Å². The molecule has 0 fully saturated rings. The van der Waals surface area contributed by atoms with Gasteiger partial charge < -0.3 is 14.4 Å². The van der Waals surface area contributed by atoms with Crippen LogP contribution in [-0.2, 0) is 14.8 Å². The summed E-state index contributed by atoms with van der Waals surface area (Å²) in [5, 5.41) is 0.237.